The molecule has 0 spiro atoms. The van der Waals surface area contributed by atoms with Crippen molar-refractivity contribution in [3.05, 3.63) is 30.9 Å². The van der Waals surface area contributed by atoms with Gasteiger partial charge in [-0.15, -0.1) is 10.2 Å². The number of benzene rings is 1. The second-order valence-corrected chi connectivity index (χ2v) is 5.66. The van der Waals surface area contributed by atoms with Crippen molar-refractivity contribution >= 4 is 11.4 Å². The number of hydrogen-bond acceptors (Lipinski definition) is 4. The molecule has 1 aliphatic carbocycles. The van der Waals surface area contributed by atoms with Gasteiger partial charge in [0.25, 0.3) is 0 Å². The fourth-order valence-corrected chi connectivity index (χ4v) is 2.94. The highest BCUT2D eigenvalue weighted by atomic mass is 15.2. The zero-order valence-corrected chi connectivity index (χ0v) is 11.8. The molecule has 5 nitrogen and oxygen atoms in total. The predicted octanol–water partition coefficient (Wildman–Crippen LogP) is 2.84. The highest BCUT2D eigenvalue weighted by Crippen LogP contribution is 2.30. The fourth-order valence-electron chi connectivity index (χ4n) is 2.94. The molecule has 106 valence electrons. The van der Waals surface area contributed by atoms with Gasteiger partial charge in [0.2, 0.25) is 0 Å². The Morgan fingerprint density at radius 1 is 1.20 bits per heavy atom. The minimum absolute atomic E-state index is 0.530. The molecule has 5 heteroatoms. The van der Waals surface area contributed by atoms with E-state index >= 15 is 0 Å². The van der Waals surface area contributed by atoms with E-state index in [9.17, 15) is 0 Å². The van der Waals surface area contributed by atoms with Gasteiger partial charge in [-0.25, -0.2) is 0 Å². The van der Waals surface area contributed by atoms with E-state index in [1.54, 1.807) is 12.7 Å². The first-order valence-corrected chi connectivity index (χ1v) is 7.25. The Morgan fingerprint density at radius 2 is 1.95 bits per heavy atom. The Labute approximate surface area is 119 Å². The molecule has 1 heterocycles. The Morgan fingerprint density at radius 3 is 2.70 bits per heavy atom. The van der Waals surface area contributed by atoms with Crippen LogP contribution in [0.5, 0.6) is 0 Å². The van der Waals surface area contributed by atoms with Gasteiger partial charge in [-0.2, -0.15) is 0 Å². The smallest absolute Gasteiger partial charge is 0.123 e. The first-order chi connectivity index (χ1) is 9.74. The van der Waals surface area contributed by atoms with Crippen LogP contribution in [0.4, 0.5) is 11.4 Å². The van der Waals surface area contributed by atoms with Crippen molar-refractivity contribution < 1.29 is 0 Å². The first-order valence-electron chi connectivity index (χ1n) is 7.25. The fraction of sp³-hybridized carbons (Fsp3) is 0.467. The molecule has 20 heavy (non-hydrogen) atoms. The number of hydrogen-bond donors (Lipinski definition) is 2. The van der Waals surface area contributed by atoms with Crippen molar-refractivity contribution in [2.75, 3.05) is 11.1 Å². The van der Waals surface area contributed by atoms with Gasteiger partial charge in [0.05, 0.1) is 11.4 Å². The van der Waals surface area contributed by atoms with Crippen LogP contribution in [0.25, 0.3) is 5.69 Å². The van der Waals surface area contributed by atoms with Crippen LogP contribution < -0.4 is 11.1 Å². The molecule has 0 bridgehead atoms. The minimum Gasteiger partial charge on any atom is -0.399 e. The molecule has 0 amide bonds. The molecule has 0 aliphatic heterocycles. The van der Waals surface area contributed by atoms with Crippen LogP contribution in [0.1, 0.15) is 32.6 Å². The van der Waals surface area contributed by atoms with Gasteiger partial charge in [0.1, 0.15) is 12.7 Å². The van der Waals surface area contributed by atoms with E-state index in [1.807, 2.05) is 22.8 Å². The molecule has 2 atom stereocenters. The van der Waals surface area contributed by atoms with Gasteiger partial charge in [0, 0.05) is 11.7 Å². The summed E-state index contributed by atoms with van der Waals surface area (Å²) in [5.41, 5.74) is 8.76. The third-order valence-electron chi connectivity index (χ3n) is 4.17. The Balaban J connectivity index is 1.89. The lowest BCUT2D eigenvalue weighted by molar-refractivity contribution is 0.349. The molecule has 0 saturated heterocycles. The van der Waals surface area contributed by atoms with Crippen LogP contribution >= 0.6 is 0 Å². The van der Waals surface area contributed by atoms with Crippen molar-refractivity contribution in [3.8, 4) is 5.69 Å². The van der Waals surface area contributed by atoms with E-state index in [-0.39, 0.29) is 0 Å². The summed E-state index contributed by atoms with van der Waals surface area (Å²) in [6.07, 6.45) is 8.58. The van der Waals surface area contributed by atoms with E-state index in [1.165, 1.54) is 25.7 Å². The molecule has 3 rings (SSSR count). The zero-order valence-electron chi connectivity index (χ0n) is 11.8. The minimum atomic E-state index is 0.530. The lowest BCUT2D eigenvalue weighted by atomic mass is 9.86. The van der Waals surface area contributed by atoms with Crippen LogP contribution in [0.2, 0.25) is 0 Å². The first kappa shape index (κ1) is 13.0. The van der Waals surface area contributed by atoms with Crippen molar-refractivity contribution in [2.24, 2.45) is 5.92 Å². The molecule has 1 aromatic heterocycles. The summed E-state index contributed by atoms with van der Waals surface area (Å²) in [7, 11) is 0. The molecule has 1 saturated carbocycles. The standard InChI is InChI=1S/C15H21N5/c1-11-4-2-3-5-13(11)19-14-7-6-12(16)8-15(14)20-9-17-18-10-20/h6-11,13,19H,2-5,16H2,1H3. The van der Waals surface area contributed by atoms with E-state index in [2.05, 4.69) is 22.4 Å². The van der Waals surface area contributed by atoms with Gasteiger partial charge in [0.15, 0.2) is 0 Å². The Bertz CT molecular complexity index is 564. The SMILES string of the molecule is CC1CCCCC1Nc1ccc(N)cc1-n1cnnc1. The van der Waals surface area contributed by atoms with Crippen molar-refractivity contribution in [1.29, 1.82) is 0 Å². The lowest BCUT2D eigenvalue weighted by Crippen LogP contribution is -2.30. The summed E-state index contributed by atoms with van der Waals surface area (Å²) >= 11 is 0. The summed E-state index contributed by atoms with van der Waals surface area (Å²) in [4.78, 5) is 0. The number of nitrogens with one attached hydrogen (secondary N) is 1. The molecular formula is C15H21N5. The highest BCUT2D eigenvalue weighted by molar-refractivity contribution is 5.66. The van der Waals surface area contributed by atoms with Crippen LogP contribution in [0.3, 0.4) is 0 Å². The maximum absolute atomic E-state index is 5.91. The van der Waals surface area contributed by atoms with Crippen molar-refractivity contribution in [3.63, 3.8) is 0 Å². The maximum Gasteiger partial charge on any atom is 0.123 e. The topological polar surface area (TPSA) is 68.8 Å². The van der Waals surface area contributed by atoms with Gasteiger partial charge < -0.3 is 11.1 Å². The molecule has 2 aromatic rings. The zero-order chi connectivity index (χ0) is 13.9. The predicted molar refractivity (Wildman–Crippen MR) is 80.8 cm³/mol. The van der Waals surface area contributed by atoms with Crippen molar-refractivity contribution in [1.82, 2.24) is 14.8 Å². The third kappa shape index (κ3) is 2.61. The molecule has 1 aliphatic rings. The van der Waals surface area contributed by atoms with E-state index in [0.717, 1.165) is 17.1 Å². The number of anilines is 2. The van der Waals surface area contributed by atoms with Crippen molar-refractivity contribution in [2.45, 2.75) is 38.6 Å². The van der Waals surface area contributed by atoms with Crippen LogP contribution in [0.15, 0.2) is 30.9 Å². The third-order valence-corrected chi connectivity index (χ3v) is 4.17. The second-order valence-electron chi connectivity index (χ2n) is 5.66. The van der Waals surface area contributed by atoms with E-state index in [0.29, 0.717) is 12.0 Å². The van der Waals surface area contributed by atoms with E-state index < -0.39 is 0 Å². The van der Waals surface area contributed by atoms with Crippen LogP contribution in [-0.2, 0) is 0 Å². The summed E-state index contributed by atoms with van der Waals surface area (Å²) in [6, 6.07) is 6.47. The summed E-state index contributed by atoms with van der Waals surface area (Å²) in [6.45, 7) is 2.33. The summed E-state index contributed by atoms with van der Waals surface area (Å²) < 4.78 is 1.90. The molecule has 3 N–H and O–H groups in total. The van der Waals surface area contributed by atoms with Gasteiger partial charge in [-0.05, 0) is 37.0 Å². The number of nitrogens with zero attached hydrogens (tertiary/aromatic N) is 3. The number of nitrogen functional groups attached to an aromatic ring is 1. The second kappa shape index (κ2) is 5.53. The number of aromatic nitrogens is 3. The van der Waals surface area contributed by atoms with Gasteiger partial charge in [-0.3, -0.25) is 4.57 Å². The normalized spacial score (nSPS) is 22.6. The Hall–Kier alpha value is -2.04. The summed E-state index contributed by atoms with van der Waals surface area (Å²) in [5, 5.41) is 11.4. The number of nitrogens with two attached hydrogens (primary N) is 1. The van der Waals surface area contributed by atoms with Gasteiger partial charge >= 0.3 is 0 Å². The summed E-state index contributed by atoms with van der Waals surface area (Å²) in [5.74, 6) is 0.704. The van der Waals surface area contributed by atoms with Crippen LogP contribution in [-0.4, -0.2) is 20.8 Å². The monoisotopic (exact) mass is 271 g/mol. The van der Waals surface area contributed by atoms with E-state index in [4.69, 9.17) is 5.73 Å². The highest BCUT2D eigenvalue weighted by Gasteiger charge is 2.22. The molecule has 0 radical (unpaired) electrons. The van der Waals surface area contributed by atoms with Crippen LogP contribution in [0, 0.1) is 5.92 Å². The quantitative estimate of drug-likeness (QED) is 0.842. The lowest BCUT2D eigenvalue weighted by Gasteiger charge is -2.31. The number of rotatable bonds is 3. The molecule has 1 aromatic carbocycles. The van der Waals surface area contributed by atoms with Gasteiger partial charge in [-0.1, -0.05) is 19.8 Å². The average molecular weight is 271 g/mol. The molecule has 1 fully saturated rings. The largest absolute Gasteiger partial charge is 0.399 e. The maximum atomic E-state index is 5.91. The molecular weight excluding hydrogens is 250 g/mol. The Kier molecular flexibility index (Phi) is 3.58. The molecule has 2 unspecified atom stereocenters. The average Bonchev–Trinajstić information content (AvgIpc) is 2.97.